The molecule has 6 heteroatoms. The zero-order valence-corrected chi connectivity index (χ0v) is 16.3. The number of amides is 1. The summed E-state index contributed by atoms with van der Waals surface area (Å²) in [6.07, 6.45) is 7.58. The number of hydrogen-bond acceptors (Lipinski definition) is 5. The molecule has 0 radical (unpaired) electrons. The van der Waals surface area contributed by atoms with Gasteiger partial charge in [0.25, 0.3) is 5.91 Å². The smallest absolute Gasteiger partial charge is 0.286 e. The molecule has 1 aromatic carbocycles. The van der Waals surface area contributed by atoms with Gasteiger partial charge in [-0.2, -0.15) is 4.99 Å². The number of likely N-dealkylation sites (tertiary alicyclic amines) is 1. The first-order chi connectivity index (χ1) is 12.7. The van der Waals surface area contributed by atoms with Crippen molar-refractivity contribution in [3.8, 4) is 11.5 Å². The third-order valence-electron chi connectivity index (χ3n) is 4.48. The Morgan fingerprint density at radius 2 is 2.04 bits per heavy atom. The zero-order chi connectivity index (χ0) is 18.4. The van der Waals surface area contributed by atoms with Gasteiger partial charge in [0, 0.05) is 13.1 Å². The predicted molar refractivity (Wildman–Crippen MR) is 107 cm³/mol. The molecule has 1 saturated heterocycles. The van der Waals surface area contributed by atoms with Gasteiger partial charge in [0.05, 0.1) is 18.6 Å². The second-order valence-corrected chi connectivity index (χ2v) is 7.48. The second-order valence-electron chi connectivity index (χ2n) is 6.47. The van der Waals surface area contributed by atoms with Crippen molar-refractivity contribution in [1.82, 2.24) is 4.90 Å². The maximum Gasteiger partial charge on any atom is 0.286 e. The molecular weight excluding hydrogens is 348 g/mol. The molecular formula is C20H26N2O3S. The van der Waals surface area contributed by atoms with Gasteiger partial charge in [-0.05, 0) is 61.2 Å². The first kappa shape index (κ1) is 18.8. The number of amidine groups is 1. The van der Waals surface area contributed by atoms with Crippen molar-refractivity contribution in [2.45, 2.75) is 39.0 Å². The van der Waals surface area contributed by atoms with Gasteiger partial charge in [-0.15, -0.1) is 0 Å². The minimum absolute atomic E-state index is 0.155. The summed E-state index contributed by atoms with van der Waals surface area (Å²) < 4.78 is 11.2. The van der Waals surface area contributed by atoms with Gasteiger partial charge < -0.3 is 14.4 Å². The Hall–Kier alpha value is -1.95. The van der Waals surface area contributed by atoms with Crippen LogP contribution in [0.3, 0.4) is 0 Å². The van der Waals surface area contributed by atoms with E-state index in [1.165, 1.54) is 31.0 Å². The number of methoxy groups -OCH3 is 1. The Bertz CT molecular complexity index is 709. The Morgan fingerprint density at radius 3 is 2.77 bits per heavy atom. The molecule has 0 aliphatic carbocycles. The van der Waals surface area contributed by atoms with Crippen LogP contribution in [0, 0.1) is 0 Å². The Labute approximate surface area is 159 Å². The summed E-state index contributed by atoms with van der Waals surface area (Å²) >= 11 is 1.47. The lowest BCUT2D eigenvalue weighted by atomic mass is 10.1. The number of carbonyl (C=O) groups excluding carboxylic acids is 1. The van der Waals surface area contributed by atoms with Gasteiger partial charge in [-0.1, -0.05) is 19.4 Å². The maximum atomic E-state index is 12.3. The van der Waals surface area contributed by atoms with E-state index >= 15 is 0 Å². The van der Waals surface area contributed by atoms with Gasteiger partial charge in [-0.3, -0.25) is 4.79 Å². The molecule has 26 heavy (non-hydrogen) atoms. The van der Waals surface area contributed by atoms with E-state index in [2.05, 4.69) is 16.8 Å². The molecule has 2 heterocycles. The summed E-state index contributed by atoms with van der Waals surface area (Å²) in [6, 6.07) is 5.75. The van der Waals surface area contributed by atoms with Crippen molar-refractivity contribution < 1.29 is 14.3 Å². The molecule has 1 aromatic rings. The lowest BCUT2D eigenvalue weighted by Gasteiger charge is -2.27. The molecule has 1 fully saturated rings. The fourth-order valence-electron chi connectivity index (χ4n) is 2.99. The number of piperidine rings is 1. The van der Waals surface area contributed by atoms with Crippen LogP contribution in [0.4, 0.5) is 0 Å². The van der Waals surface area contributed by atoms with Crippen molar-refractivity contribution in [2.75, 3.05) is 26.8 Å². The van der Waals surface area contributed by atoms with Crippen molar-refractivity contribution in [2.24, 2.45) is 4.99 Å². The first-order valence-corrected chi connectivity index (χ1v) is 10.1. The monoisotopic (exact) mass is 374 g/mol. The minimum atomic E-state index is -0.155. The van der Waals surface area contributed by atoms with E-state index in [9.17, 15) is 4.79 Å². The highest BCUT2D eigenvalue weighted by Crippen LogP contribution is 2.34. The summed E-state index contributed by atoms with van der Waals surface area (Å²) in [5, 5.41) is 0.840. The lowest BCUT2D eigenvalue weighted by molar-refractivity contribution is -0.113. The van der Waals surface area contributed by atoms with E-state index in [1.54, 1.807) is 7.11 Å². The molecule has 2 aliphatic rings. The van der Waals surface area contributed by atoms with Crippen LogP contribution >= 0.6 is 11.8 Å². The SMILES string of the molecule is CCCCOc1ccc(C=C2SC(N3CCCCC3)=NC2=O)cc1OC. The van der Waals surface area contributed by atoms with Crippen LogP contribution < -0.4 is 9.47 Å². The first-order valence-electron chi connectivity index (χ1n) is 9.29. The minimum Gasteiger partial charge on any atom is -0.493 e. The van der Waals surface area contributed by atoms with E-state index in [0.29, 0.717) is 17.3 Å². The molecule has 0 atom stereocenters. The van der Waals surface area contributed by atoms with Crippen LogP contribution in [0.1, 0.15) is 44.6 Å². The molecule has 0 saturated carbocycles. The van der Waals surface area contributed by atoms with Gasteiger partial charge in [0.15, 0.2) is 16.7 Å². The molecule has 140 valence electrons. The molecule has 5 nitrogen and oxygen atoms in total. The van der Waals surface area contributed by atoms with E-state index in [4.69, 9.17) is 9.47 Å². The van der Waals surface area contributed by atoms with Crippen LogP contribution in [-0.2, 0) is 4.79 Å². The number of thioether (sulfide) groups is 1. The van der Waals surface area contributed by atoms with Crippen LogP contribution in [0.5, 0.6) is 11.5 Å². The van der Waals surface area contributed by atoms with Gasteiger partial charge in [0.1, 0.15) is 0 Å². The summed E-state index contributed by atoms with van der Waals surface area (Å²) in [4.78, 5) is 19.4. The molecule has 0 N–H and O–H groups in total. The number of nitrogens with zero attached hydrogens (tertiary/aromatic N) is 2. The number of benzene rings is 1. The molecule has 0 unspecified atom stereocenters. The van der Waals surface area contributed by atoms with Crippen LogP contribution in [-0.4, -0.2) is 42.8 Å². The Kier molecular flexibility index (Phi) is 6.61. The van der Waals surface area contributed by atoms with Crippen molar-refractivity contribution in [3.63, 3.8) is 0 Å². The highest BCUT2D eigenvalue weighted by atomic mass is 32.2. The third-order valence-corrected chi connectivity index (χ3v) is 5.52. The summed E-state index contributed by atoms with van der Waals surface area (Å²) in [5.41, 5.74) is 0.913. The number of ether oxygens (including phenoxy) is 2. The van der Waals surface area contributed by atoms with Crippen LogP contribution in [0.25, 0.3) is 6.08 Å². The zero-order valence-electron chi connectivity index (χ0n) is 15.5. The van der Waals surface area contributed by atoms with Crippen LogP contribution in [0.15, 0.2) is 28.1 Å². The number of carbonyl (C=O) groups is 1. The largest absolute Gasteiger partial charge is 0.493 e. The van der Waals surface area contributed by atoms with Gasteiger partial charge >= 0.3 is 0 Å². The molecule has 2 aliphatic heterocycles. The predicted octanol–water partition coefficient (Wildman–Crippen LogP) is 4.33. The Balaban J connectivity index is 1.70. The van der Waals surface area contributed by atoms with E-state index < -0.39 is 0 Å². The van der Waals surface area contributed by atoms with Crippen molar-refractivity contribution in [1.29, 1.82) is 0 Å². The maximum absolute atomic E-state index is 12.3. The van der Waals surface area contributed by atoms with Crippen molar-refractivity contribution in [3.05, 3.63) is 28.7 Å². The molecule has 1 amide bonds. The fraction of sp³-hybridized carbons (Fsp3) is 0.500. The molecule has 0 spiro atoms. The van der Waals surface area contributed by atoms with E-state index in [0.717, 1.165) is 42.4 Å². The van der Waals surface area contributed by atoms with Crippen molar-refractivity contribution >= 4 is 28.9 Å². The average Bonchev–Trinajstić information content (AvgIpc) is 3.04. The number of aliphatic imine (C=N–C) groups is 1. The lowest BCUT2D eigenvalue weighted by Crippen LogP contribution is -2.33. The summed E-state index contributed by atoms with van der Waals surface area (Å²) in [5.74, 6) is 1.26. The highest BCUT2D eigenvalue weighted by molar-refractivity contribution is 8.18. The molecule has 0 aromatic heterocycles. The molecule has 3 rings (SSSR count). The second kappa shape index (κ2) is 9.12. The topological polar surface area (TPSA) is 51.1 Å². The number of hydrogen-bond donors (Lipinski definition) is 0. The van der Waals surface area contributed by atoms with E-state index in [1.807, 2.05) is 24.3 Å². The van der Waals surface area contributed by atoms with E-state index in [-0.39, 0.29) is 5.91 Å². The normalized spacial score (nSPS) is 19.0. The summed E-state index contributed by atoms with van der Waals surface area (Å²) in [7, 11) is 1.63. The van der Waals surface area contributed by atoms with Crippen LogP contribution in [0.2, 0.25) is 0 Å². The summed E-state index contributed by atoms with van der Waals surface area (Å²) in [6.45, 7) is 4.79. The van der Waals surface area contributed by atoms with Gasteiger partial charge in [0.2, 0.25) is 0 Å². The quantitative estimate of drug-likeness (QED) is 0.548. The molecule has 0 bridgehead atoms. The fourth-order valence-corrected chi connectivity index (χ4v) is 3.95. The Morgan fingerprint density at radius 1 is 1.23 bits per heavy atom. The average molecular weight is 375 g/mol. The highest BCUT2D eigenvalue weighted by Gasteiger charge is 2.26. The standard InChI is InChI=1S/C20H26N2O3S/c1-3-4-12-25-16-9-8-15(13-17(16)24-2)14-18-19(23)21-20(26-18)22-10-6-5-7-11-22/h8-9,13-14H,3-7,10-12H2,1-2H3. The number of unbranched alkanes of at least 4 members (excludes halogenated alkanes) is 1. The number of rotatable bonds is 6. The third kappa shape index (κ3) is 4.61. The van der Waals surface area contributed by atoms with Gasteiger partial charge in [-0.25, -0.2) is 0 Å².